The van der Waals surface area contributed by atoms with Crippen LogP contribution < -0.4 is 10.0 Å². The lowest BCUT2D eigenvalue weighted by molar-refractivity contribution is 0.102. The summed E-state index contributed by atoms with van der Waals surface area (Å²) in [6.07, 6.45) is 3.98. The van der Waals surface area contributed by atoms with Gasteiger partial charge in [0.25, 0.3) is 5.91 Å². The smallest absolute Gasteiger partial charge is 0.258 e. The predicted molar refractivity (Wildman–Crippen MR) is 102 cm³/mol. The number of halogens is 3. The van der Waals surface area contributed by atoms with Crippen LogP contribution in [0, 0.1) is 23.4 Å². The number of carbonyl (C=O) groups is 1. The van der Waals surface area contributed by atoms with E-state index in [-0.39, 0.29) is 22.5 Å². The normalized spacial score (nSPS) is 16.0. The van der Waals surface area contributed by atoms with Crippen LogP contribution in [-0.4, -0.2) is 20.4 Å². The number of hydrogen-bond acceptors (Lipinski definition) is 3. The Morgan fingerprint density at radius 2 is 1.72 bits per heavy atom. The highest BCUT2D eigenvalue weighted by Gasteiger charge is 2.27. The lowest BCUT2D eigenvalue weighted by Gasteiger charge is -2.20. The van der Waals surface area contributed by atoms with Gasteiger partial charge in [0.2, 0.25) is 10.0 Å². The van der Waals surface area contributed by atoms with E-state index in [2.05, 4.69) is 10.0 Å². The van der Waals surface area contributed by atoms with Gasteiger partial charge in [0.1, 0.15) is 17.5 Å². The molecule has 1 saturated carbocycles. The molecule has 1 aliphatic carbocycles. The molecule has 0 radical (unpaired) electrons. The van der Waals surface area contributed by atoms with Crippen LogP contribution in [0.4, 0.5) is 18.9 Å². The lowest BCUT2D eigenvalue weighted by atomic mass is 10.0. The van der Waals surface area contributed by atoms with Crippen molar-refractivity contribution in [2.75, 3.05) is 5.32 Å². The Morgan fingerprint density at radius 3 is 2.38 bits per heavy atom. The number of sulfonamides is 1. The Hall–Kier alpha value is -2.39. The van der Waals surface area contributed by atoms with E-state index in [9.17, 15) is 26.4 Å². The summed E-state index contributed by atoms with van der Waals surface area (Å²) in [5.41, 5.74) is -0.915. The summed E-state index contributed by atoms with van der Waals surface area (Å²) in [5, 5.41) is 2.12. The third kappa shape index (κ3) is 4.97. The lowest BCUT2D eigenvalue weighted by Crippen LogP contribution is -2.37. The van der Waals surface area contributed by atoms with Crippen LogP contribution in [0.1, 0.15) is 43.0 Å². The van der Waals surface area contributed by atoms with Gasteiger partial charge in [0.15, 0.2) is 0 Å². The minimum Gasteiger partial charge on any atom is -0.319 e. The highest BCUT2D eigenvalue weighted by Crippen LogP contribution is 2.28. The Bertz CT molecular complexity index is 1020. The standard InChI is InChI=1S/C20H21F3N2O3S/c1-12(13-4-2-3-5-13)25-29(27,28)15-7-8-17(22)16(11-15)20(26)24-19-9-6-14(21)10-18(19)23/h6-13,25H,2-5H2,1H3,(H,24,26). The first-order valence-corrected chi connectivity index (χ1v) is 10.7. The molecule has 1 unspecified atom stereocenters. The maximum Gasteiger partial charge on any atom is 0.258 e. The van der Waals surface area contributed by atoms with Gasteiger partial charge in [-0.2, -0.15) is 0 Å². The zero-order valence-electron chi connectivity index (χ0n) is 15.7. The third-order valence-electron chi connectivity index (χ3n) is 5.12. The minimum absolute atomic E-state index is 0.231. The zero-order valence-corrected chi connectivity index (χ0v) is 16.5. The van der Waals surface area contributed by atoms with Gasteiger partial charge in [-0.3, -0.25) is 4.79 Å². The maximum atomic E-state index is 14.2. The van der Waals surface area contributed by atoms with Crippen molar-refractivity contribution in [2.24, 2.45) is 5.92 Å². The largest absolute Gasteiger partial charge is 0.319 e. The Labute approximate surface area is 167 Å². The summed E-state index contributed by atoms with van der Waals surface area (Å²) in [5.74, 6) is -3.65. The molecule has 156 valence electrons. The second kappa shape index (κ2) is 8.54. The maximum absolute atomic E-state index is 14.2. The Morgan fingerprint density at radius 1 is 1.03 bits per heavy atom. The zero-order chi connectivity index (χ0) is 21.2. The molecule has 29 heavy (non-hydrogen) atoms. The van der Waals surface area contributed by atoms with E-state index < -0.39 is 38.9 Å². The average molecular weight is 426 g/mol. The quantitative estimate of drug-likeness (QED) is 0.727. The van der Waals surface area contributed by atoms with Crippen LogP contribution in [0.3, 0.4) is 0 Å². The third-order valence-corrected chi connectivity index (χ3v) is 6.68. The highest BCUT2D eigenvalue weighted by molar-refractivity contribution is 7.89. The first kappa shape index (κ1) is 21.3. The Balaban J connectivity index is 1.82. The van der Waals surface area contributed by atoms with Crippen molar-refractivity contribution in [3.63, 3.8) is 0 Å². The summed E-state index contributed by atoms with van der Waals surface area (Å²) in [6, 6.07) is 5.03. The molecule has 9 heteroatoms. The monoisotopic (exact) mass is 426 g/mol. The number of carbonyl (C=O) groups excluding carboxylic acids is 1. The van der Waals surface area contributed by atoms with Crippen molar-refractivity contribution >= 4 is 21.6 Å². The van der Waals surface area contributed by atoms with Gasteiger partial charge < -0.3 is 5.32 Å². The van der Waals surface area contributed by atoms with E-state index in [0.29, 0.717) is 6.07 Å². The molecule has 1 atom stereocenters. The number of anilines is 1. The summed E-state index contributed by atoms with van der Waals surface area (Å²) >= 11 is 0. The molecule has 0 heterocycles. The van der Waals surface area contributed by atoms with Gasteiger partial charge >= 0.3 is 0 Å². The van der Waals surface area contributed by atoms with Crippen molar-refractivity contribution in [1.29, 1.82) is 0 Å². The second-order valence-corrected chi connectivity index (χ2v) is 8.89. The molecular formula is C20H21F3N2O3S. The van der Waals surface area contributed by atoms with Crippen LogP contribution in [0.25, 0.3) is 0 Å². The number of benzene rings is 2. The number of rotatable bonds is 6. The molecule has 2 N–H and O–H groups in total. The molecule has 2 aromatic rings. The van der Waals surface area contributed by atoms with Crippen molar-refractivity contribution in [2.45, 2.75) is 43.5 Å². The summed E-state index contributed by atoms with van der Waals surface area (Å²) < 4.78 is 68.8. The van der Waals surface area contributed by atoms with Crippen molar-refractivity contribution in [3.8, 4) is 0 Å². The fourth-order valence-electron chi connectivity index (χ4n) is 3.49. The average Bonchev–Trinajstić information content (AvgIpc) is 3.18. The topological polar surface area (TPSA) is 75.3 Å². The highest BCUT2D eigenvalue weighted by atomic mass is 32.2. The molecular weight excluding hydrogens is 405 g/mol. The van der Waals surface area contributed by atoms with Crippen LogP contribution >= 0.6 is 0 Å². The van der Waals surface area contributed by atoms with E-state index in [1.165, 1.54) is 0 Å². The van der Waals surface area contributed by atoms with Crippen molar-refractivity contribution < 1.29 is 26.4 Å². The number of amides is 1. The molecule has 1 aliphatic rings. The first-order valence-electron chi connectivity index (χ1n) is 9.25. The SMILES string of the molecule is CC(NS(=O)(=O)c1ccc(F)c(C(=O)Nc2ccc(F)cc2F)c1)C1CCCC1. The van der Waals surface area contributed by atoms with Gasteiger partial charge in [-0.1, -0.05) is 12.8 Å². The fourth-order valence-corrected chi connectivity index (χ4v) is 4.83. The first-order chi connectivity index (χ1) is 13.7. The van der Waals surface area contributed by atoms with Crippen LogP contribution in [0.15, 0.2) is 41.3 Å². The molecule has 0 spiro atoms. The van der Waals surface area contributed by atoms with Gasteiger partial charge in [0, 0.05) is 12.1 Å². The summed E-state index contributed by atoms with van der Waals surface area (Å²) in [4.78, 5) is 12.1. The van der Waals surface area contributed by atoms with Crippen LogP contribution in [0.5, 0.6) is 0 Å². The number of nitrogens with one attached hydrogen (secondary N) is 2. The van der Waals surface area contributed by atoms with Gasteiger partial charge in [-0.05, 0) is 56.0 Å². The molecule has 0 saturated heterocycles. The minimum atomic E-state index is -3.98. The fraction of sp³-hybridized carbons (Fsp3) is 0.350. The molecule has 5 nitrogen and oxygen atoms in total. The Kier molecular flexibility index (Phi) is 6.28. The van der Waals surface area contributed by atoms with E-state index in [4.69, 9.17) is 0 Å². The molecule has 0 bridgehead atoms. The van der Waals surface area contributed by atoms with Gasteiger partial charge in [-0.25, -0.2) is 26.3 Å². The van der Waals surface area contributed by atoms with Gasteiger partial charge in [0.05, 0.1) is 16.1 Å². The van der Waals surface area contributed by atoms with Crippen molar-refractivity contribution in [1.82, 2.24) is 4.72 Å². The second-order valence-electron chi connectivity index (χ2n) is 7.17. The molecule has 3 rings (SSSR count). The van der Waals surface area contributed by atoms with E-state index in [0.717, 1.165) is 56.0 Å². The van der Waals surface area contributed by atoms with Crippen molar-refractivity contribution in [3.05, 3.63) is 59.4 Å². The predicted octanol–water partition coefficient (Wildman–Crippen LogP) is 4.21. The van der Waals surface area contributed by atoms with Crippen LogP contribution in [0.2, 0.25) is 0 Å². The van der Waals surface area contributed by atoms with E-state index in [1.54, 1.807) is 6.92 Å². The van der Waals surface area contributed by atoms with Crippen LogP contribution in [-0.2, 0) is 10.0 Å². The summed E-state index contributed by atoms with van der Waals surface area (Å²) in [6.45, 7) is 1.78. The number of hydrogen-bond donors (Lipinski definition) is 2. The van der Waals surface area contributed by atoms with Gasteiger partial charge in [-0.15, -0.1) is 0 Å². The molecule has 1 amide bonds. The summed E-state index contributed by atoms with van der Waals surface area (Å²) in [7, 11) is -3.98. The van der Waals surface area contributed by atoms with E-state index >= 15 is 0 Å². The molecule has 1 fully saturated rings. The molecule has 2 aromatic carbocycles. The molecule has 0 aromatic heterocycles. The van der Waals surface area contributed by atoms with E-state index in [1.807, 2.05) is 0 Å². The molecule has 0 aliphatic heterocycles.